The number of hydrogen-bond donors (Lipinski definition) is 2. The van der Waals surface area contributed by atoms with Crippen LogP contribution < -0.4 is 0 Å². The Bertz CT molecular complexity index is 734. The number of rotatable bonds is 3. The molecule has 3 heterocycles. The molecule has 6 nitrogen and oxygen atoms in total. The van der Waals surface area contributed by atoms with Crippen LogP contribution in [-0.4, -0.2) is 44.3 Å². The van der Waals surface area contributed by atoms with E-state index in [0.717, 1.165) is 23.9 Å². The molecule has 2 aliphatic rings. The topological polar surface area (TPSA) is 77.7 Å². The predicted octanol–water partition coefficient (Wildman–Crippen LogP) is 2.19. The van der Waals surface area contributed by atoms with E-state index in [-0.39, 0.29) is 17.3 Å². The highest BCUT2D eigenvalue weighted by Gasteiger charge is 2.32. The van der Waals surface area contributed by atoms with E-state index >= 15 is 0 Å². The van der Waals surface area contributed by atoms with Crippen molar-refractivity contribution in [1.29, 1.82) is 0 Å². The van der Waals surface area contributed by atoms with Crippen LogP contribution in [0.15, 0.2) is 6.07 Å². The summed E-state index contributed by atoms with van der Waals surface area (Å²) < 4.78 is 25.2. The van der Waals surface area contributed by atoms with Gasteiger partial charge in [0.1, 0.15) is 5.69 Å². The molecule has 1 amide bonds. The lowest BCUT2D eigenvalue weighted by Crippen LogP contribution is -2.33. The van der Waals surface area contributed by atoms with Crippen molar-refractivity contribution < 1.29 is 13.6 Å². The Morgan fingerprint density at radius 3 is 2.70 bits per heavy atom. The van der Waals surface area contributed by atoms with Gasteiger partial charge in [0, 0.05) is 31.1 Å². The highest BCUT2D eigenvalue weighted by molar-refractivity contribution is 5.92. The Balaban J connectivity index is 1.49. The van der Waals surface area contributed by atoms with Crippen LogP contribution in [0.2, 0.25) is 0 Å². The van der Waals surface area contributed by atoms with Gasteiger partial charge in [-0.05, 0) is 30.9 Å². The summed E-state index contributed by atoms with van der Waals surface area (Å²) in [5.74, 6) is 0.261. The summed E-state index contributed by atoms with van der Waals surface area (Å²) in [7, 11) is 0. The van der Waals surface area contributed by atoms with Crippen LogP contribution in [0.25, 0.3) is 0 Å². The molecular formula is C15H17F2N5O. The standard InChI is InChI=1S/C15H17F2N5O/c16-14(17)11-7-12(20-19-11)15(23)22-5-3-9-10(4-6-22)18-21-13(9)8-1-2-8/h7-8,14H,1-6H2,(H,18,21)(H,19,20). The van der Waals surface area contributed by atoms with Crippen molar-refractivity contribution in [1.82, 2.24) is 25.3 Å². The van der Waals surface area contributed by atoms with E-state index in [0.29, 0.717) is 25.4 Å². The van der Waals surface area contributed by atoms with E-state index in [1.165, 1.54) is 18.4 Å². The Kier molecular flexibility index (Phi) is 3.39. The largest absolute Gasteiger partial charge is 0.337 e. The predicted molar refractivity (Wildman–Crippen MR) is 77.4 cm³/mol. The maximum atomic E-state index is 12.6. The van der Waals surface area contributed by atoms with Crippen molar-refractivity contribution in [3.05, 3.63) is 34.4 Å². The number of aromatic nitrogens is 4. The molecule has 2 N–H and O–H groups in total. The maximum Gasteiger partial charge on any atom is 0.279 e. The molecule has 2 aromatic heterocycles. The molecule has 4 rings (SSSR count). The SMILES string of the molecule is O=C(c1cc(C(F)F)[nH]n1)N1CCc2[nH]nc(C3CC3)c2CC1. The first-order valence-electron chi connectivity index (χ1n) is 7.82. The van der Waals surface area contributed by atoms with E-state index in [1.54, 1.807) is 4.90 Å². The highest BCUT2D eigenvalue weighted by atomic mass is 19.3. The zero-order chi connectivity index (χ0) is 16.0. The Labute approximate surface area is 131 Å². The normalized spacial score (nSPS) is 18.1. The lowest BCUT2D eigenvalue weighted by Gasteiger charge is -2.18. The zero-order valence-corrected chi connectivity index (χ0v) is 12.5. The second kappa shape index (κ2) is 5.43. The summed E-state index contributed by atoms with van der Waals surface area (Å²) in [6, 6.07) is 1.13. The fourth-order valence-corrected chi connectivity index (χ4v) is 3.13. The summed E-state index contributed by atoms with van der Waals surface area (Å²) >= 11 is 0. The first-order chi connectivity index (χ1) is 11.1. The molecule has 0 saturated heterocycles. The molecule has 23 heavy (non-hydrogen) atoms. The van der Waals surface area contributed by atoms with Crippen LogP contribution in [-0.2, 0) is 12.8 Å². The number of carbonyl (C=O) groups is 1. The number of nitrogens with zero attached hydrogens (tertiary/aromatic N) is 3. The molecule has 0 spiro atoms. The summed E-state index contributed by atoms with van der Waals surface area (Å²) in [6.07, 6.45) is 1.16. The number of halogens is 2. The highest BCUT2D eigenvalue weighted by Crippen LogP contribution is 2.41. The number of nitrogens with one attached hydrogen (secondary N) is 2. The van der Waals surface area contributed by atoms with E-state index in [1.807, 2.05) is 0 Å². The number of carbonyl (C=O) groups excluding carboxylic acids is 1. The van der Waals surface area contributed by atoms with Crippen molar-refractivity contribution in [2.75, 3.05) is 13.1 Å². The third kappa shape index (κ3) is 2.62. The molecule has 0 radical (unpaired) electrons. The Morgan fingerprint density at radius 2 is 2.00 bits per heavy atom. The number of amides is 1. The minimum Gasteiger partial charge on any atom is -0.337 e. The van der Waals surface area contributed by atoms with Gasteiger partial charge in [0.25, 0.3) is 12.3 Å². The van der Waals surface area contributed by atoms with Gasteiger partial charge in [-0.3, -0.25) is 15.0 Å². The van der Waals surface area contributed by atoms with Gasteiger partial charge >= 0.3 is 0 Å². The molecule has 1 aliphatic heterocycles. The lowest BCUT2D eigenvalue weighted by molar-refractivity contribution is 0.0756. The summed E-state index contributed by atoms with van der Waals surface area (Å²) in [5.41, 5.74) is 3.20. The second-order valence-corrected chi connectivity index (χ2v) is 6.14. The minimum atomic E-state index is -2.65. The van der Waals surface area contributed by atoms with Gasteiger partial charge in [-0.2, -0.15) is 10.2 Å². The van der Waals surface area contributed by atoms with Crippen LogP contribution in [0.1, 0.15) is 58.3 Å². The van der Waals surface area contributed by atoms with Crippen molar-refractivity contribution in [3.8, 4) is 0 Å². The smallest absolute Gasteiger partial charge is 0.279 e. The summed E-state index contributed by atoms with van der Waals surface area (Å²) in [5, 5.41) is 13.5. The fourth-order valence-electron chi connectivity index (χ4n) is 3.13. The van der Waals surface area contributed by atoms with E-state index in [4.69, 9.17) is 0 Å². The molecule has 0 aromatic carbocycles. The number of alkyl halides is 2. The van der Waals surface area contributed by atoms with E-state index in [9.17, 15) is 13.6 Å². The monoisotopic (exact) mass is 321 g/mol. The number of H-pyrrole nitrogens is 2. The number of hydrogen-bond acceptors (Lipinski definition) is 3. The third-order valence-corrected chi connectivity index (χ3v) is 4.55. The van der Waals surface area contributed by atoms with Crippen LogP contribution >= 0.6 is 0 Å². The average Bonchev–Trinajstić information content (AvgIpc) is 3.18. The van der Waals surface area contributed by atoms with Crippen LogP contribution in [0, 0.1) is 0 Å². The maximum absolute atomic E-state index is 12.6. The van der Waals surface area contributed by atoms with Crippen molar-refractivity contribution in [2.45, 2.75) is 38.0 Å². The molecule has 0 atom stereocenters. The fraction of sp³-hybridized carbons (Fsp3) is 0.533. The van der Waals surface area contributed by atoms with Gasteiger partial charge in [-0.15, -0.1) is 0 Å². The zero-order valence-electron chi connectivity index (χ0n) is 12.5. The Morgan fingerprint density at radius 1 is 1.22 bits per heavy atom. The molecule has 0 bridgehead atoms. The average molecular weight is 321 g/mol. The molecular weight excluding hydrogens is 304 g/mol. The second-order valence-electron chi connectivity index (χ2n) is 6.14. The molecule has 0 unspecified atom stereocenters. The number of aromatic amines is 2. The van der Waals surface area contributed by atoms with Crippen molar-refractivity contribution >= 4 is 5.91 Å². The summed E-state index contributed by atoms with van der Waals surface area (Å²) in [6.45, 7) is 1.09. The molecule has 1 aliphatic carbocycles. The molecule has 122 valence electrons. The van der Waals surface area contributed by atoms with Gasteiger partial charge in [0.05, 0.1) is 5.69 Å². The van der Waals surface area contributed by atoms with Gasteiger partial charge in [0.2, 0.25) is 0 Å². The molecule has 2 aromatic rings. The van der Waals surface area contributed by atoms with Gasteiger partial charge < -0.3 is 4.90 Å². The van der Waals surface area contributed by atoms with Gasteiger partial charge in [-0.1, -0.05) is 0 Å². The quantitative estimate of drug-likeness (QED) is 0.909. The Hall–Kier alpha value is -2.25. The van der Waals surface area contributed by atoms with E-state index in [2.05, 4.69) is 20.4 Å². The van der Waals surface area contributed by atoms with Crippen LogP contribution in [0.3, 0.4) is 0 Å². The first-order valence-corrected chi connectivity index (χ1v) is 7.82. The molecule has 1 fully saturated rings. The summed E-state index contributed by atoms with van der Waals surface area (Å²) in [4.78, 5) is 14.1. The van der Waals surface area contributed by atoms with Crippen molar-refractivity contribution in [3.63, 3.8) is 0 Å². The first kappa shape index (κ1) is 14.3. The molecule has 8 heteroatoms. The van der Waals surface area contributed by atoms with Gasteiger partial charge in [0.15, 0.2) is 5.69 Å². The minimum absolute atomic E-state index is 0.0476. The van der Waals surface area contributed by atoms with Crippen LogP contribution in [0.4, 0.5) is 8.78 Å². The van der Waals surface area contributed by atoms with Gasteiger partial charge in [-0.25, -0.2) is 8.78 Å². The lowest BCUT2D eigenvalue weighted by atomic mass is 10.1. The number of fused-ring (bicyclic) bond motifs is 1. The van der Waals surface area contributed by atoms with E-state index < -0.39 is 6.43 Å². The molecule has 1 saturated carbocycles. The third-order valence-electron chi connectivity index (χ3n) is 4.55. The van der Waals surface area contributed by atoms with Crippen LogP contribution in [0.5, 0.6) is 0 Å². The van der Waals surface area contributed by atoms with Crippen molar-refractivity contribution in [2.24, 2.45) is 0 Å².